The second kappa shape index (κ2) is 8.67. The van der Waals surface area contributed by atoms with Gasteiger partial charge in [-0.2, -0.15) is 13.2 Å². The first-order chi connectivity index (χ1) is 13.6. The van der Waals surface area contributed by atoms with Gasteiger partial charge in [0.15, 0.2) is 0 Å². The molecule has 0 radical (unpaired) electrons. The second-order valence-corrected chi connectivity index (χ2v) is 5.91. The summed E-state index contributed by atoms with van der Waals surface area (Å²) in [5.74, 6) is 0.220. The molecule has 0 spiro atoms. The van der Waals surface area contributed by atoms with Gasteiger partial charge in [0, 0.05) is 12.1 Å². The van der Waals surface area contributed by atoms with Gasteiger partial charge >= 0.3 is 6.18 Å². The number of methoxy groups -OCH3 is 2. The molecule has 29 heavy (non-hydrogen) atoms. The predicted octanol–water partition coefficient (Wildman–Crippen LogP) is 4.07. The second-order valence-electron chi connectivity index (χ2n) is 5.91. The molecule has 1 amide bonds. The van der Waals surface area contributed by atoms with Gasteiger partial charge in [-0.15, -0.1) is 0 Å². The number of amides is 1. The Labute approximate surface area is 163 Å². The molecule has 2 aromatic carbocycles. The largest absolute Gasteiger partial charge is 0.497 e. The fourth-order valence-electron chi connectivity index (χ4n) is 2.43. The van der Waals surface area contributed by atoms with E-state index in [1.807, 2.05) is 0 Å². The van der Waals surface area contributed by atoms with Crippen molar-refractivity contribution in [3.8, 4) is 11.5 Å². The Morgan fingerprint density at radius 2 is 1.79 bits per heavy atom. The van der Waals surface area contributed by atoms with E-state index in [-0.39, 0.29) is 5.69 Å². The minimum absolute atomic E-state index is 0.219. The van der Waals surface area contributed by atoms with Crippen molar-refractivity contribution in [3.63, 3.8) is 0 Å². The van der Waals surface area contributed by atoms with E-state index in [0.717, 1.165) is 6.07 Å². The van der Waals surface area contributed by atoms with Crippen molar-refractivity contribution >= 4 is 23.0 Å². The van der Waals surface area contributed by atoms with E-state index < -0.39 is 34.3 Å². The maximum atomic E-state index is 12.8. The third-order valence-corrected chi connectivity index (χ3v) is 3.95. The Morgan fingerprint density at radius 3 is 2.34 bits per heavy atom. The first-order valence-electron chi connectivity index (χ1n) is 8.22. The summed E-state index contributed by atoms with van der Waals surface area (Å²) in [5, 5.41) is 16.3. The van der Waals surface area contributed by atoms with Crippen molar-refractivity contribution in [2.75, 3.05) is 24.9 Å². The zero-order chi connectivity index (χ0) is 21.8. The number of nitro benzene ring substituents is 1. The van der Waals surface area contributed by atoms with Crippen LogP contribution in [-0.2, 0) is 11.0 Å². The van der Waals surface area contributed by atoms with Crippen LogP contribution in [0.2, 0.25) is 0 Å². The maximum absolute atomic E-state index is 12.8. The van der Waals surface area contributed by atoms with Gasteiger partial charge in [0.05, 0.1) is 30.4 Å². The fraction of sp³-hybridized carbons (Fsp3) is 0.278. The van der Waals surface area contributed by atoms with E-state index >= 15 is 0 Å². The molecule has 0 aromatic heterocycles. The molecule has 0 saturated heterocycles. The van der Waals surface area contributed by atoms with Gasteiger partial charge in [-0.1, -0.05) is 0 Å². The summed E-state index contributed by atoms with van der Waals surface area (Å²) in [4.78, 5) is 22.7. The van der Waals surface area contributed by atoms with Crippen molar-refractivity contribution < 1.29 is 32.4 Å². The molecule has 0 bridgehead atoms. The zero-order valence-corrected chi connectivity index (χ0v) is 15.7. The Kier molecular flexibility index (Phi) is 6.52. The number of halogens is 3. The summed E-state index contributed by atoms with van der Waals surface area (Å²) in [7, 11) is 2.85. The normalized spacial score (nSPS) is 12.1. The molecule has 0 saturated carbocycles. The third-order valence-electron chi connectivity index (χ3n) is 3.95. The monoisotopic (exact) mass is 413 g/mol. The highest BCUT2D eigenvalue weighted by Crippen LogP contribution is 2.35. The lowest BCUT2D eigenvalue weighted by Gasteiger charge is -2.17. The Morgan fingerprint density at radius 1 is 1.10 bits per heavy atom. The predicted molar refractivity (Wildman–Crippen MR) is 99.4 cm³/mol. The van der Waals surface area contributed by atoms with Crippen molar-refractivity contribution in [1.82, 2.24) is 0 Å². The molecule has 0 aliphatic heterocycles. The smallest absolute Gasteiger partial charge is 0.416 e. The lowest BCUT2D eigenvalue weighted by molar-refractivity contribution is -0.384. The highest BCUT2D eigenvalue weighted by atomic mass is 19.4. The van der Waals surface area contributed by atoms with Gasteiger partial charge in [0.25, 0.3) is 5.69 Å². The van der Waals surface area contributed by atoms with Crippen LogP contribution in [0.25, 0.3) is 0 Å². The fourth-order valence-corrected chi connectivity index (χ4v) is 2.43. The number of anilines is 2. The molecule has 11 heteroatoms. The van der Waals surface area contributed by atoms with Crippen LogP contribution in [0.15, 0.2) is 36.4 Å². The molecule has 1 atom stereocenters. The molecule has 2 rings (SSSR count). The van der Waals surface area contributed by atoms with E-state index in [2.05, 4.69) is 10.6 Å². The summed E-state index contributed by atoms with van der Waals surface area (Å²) in [6.07, 6.45) is -4.73. The molecule has 8 nitrogen and oxygen atoms in total. The number of alkyl halides is 3. The summed E-state index contributed by atoms with van der Waals surface area (Å²) in [5.41, 5.74) is -1.87. The van der Waals surface area contributed by atoms with E-state index in [9.17, 15) is 28.1 Å². The lowest BCUT2D eigenvalue weighted by atomic mass is 10.1. The number of carbonyl (C=O) groups excluding carboxylic acids is 1. The third kappa shape index (κ3) is 5.27. The van der Waals surface area contributed by atoms with Crippen molar-refractivity contribution in [2.45, 2.75) is 19.1 Å². The summed E-state index contributed by atoms with van der Waals surface area (Å²) >= 11 is 0. The number of nitro groups is 1. The van der Waals surface area contributed by atoms with E-state index in [1.165, 1.54) is 27.2 Å². The summed E-state index contributed by atoms with van der Waals surface area (Å²) in [6, 6.07) is 5.74. The van der Waals surface area contributed by atoms with Crippen molar-refractivity contribution in [1.29, 1.82) is 0 Å². The highest BCUT2D eigenvalue weighted by molar-refractivity contribution is 5.98. The number of rotatable bonds is 7. The Bertz CT molecular complexity index is 918. The van der Waals surface area contributed by atoms with Crippen molar-refractivity contribution in [3.05, 3.63) is 52.1 Å². The molecular formula is C18H18F3N3O5. The average Bonchev–Trinajstić information content (AvgIpc) is 2.66. The van der Waals surface area contributed by atoms with Crippen LogP contribution >= 0.6 is 0 Å². The molecule has 0 unspecified atom stereocenters. The molecule has 2 N–H and O–H groups in total. The topological polar surface area (TPSA) is 103 Å². The van der Waals surface area contributed by atoms with E-state index in [1.54, 1.807) is 12.1 Å². The lowest BCUT2D eigenvalue weighted by Crippen LogP contribution is -2.32. The summed E-state index contributed by atoms with van der Waals surface area (Å²) < 4.78 is 48.6. The SMILES string of the molecule is COc1ccc(OC)c(NC(=O)[C@H](C)Nc2ccc(C(F)(F)F)cc2[N+](=O)[O-])c1. The standard InChI is InChI=1S/C18H18F3N3O5/c1-10(17(25)23-14-9-12(28-2)5-7-16(14)29-3)22-13-6-4-11(18(19,20)21)8-15(13)24(26)27/h4-10,22H,1-3H3,(H,23,25)/t10-/m0/s1. The quantitative estimate of drug-likeness (QED) is 0.524. The minimum Gasteiger partial charge on any atom is -0.497 e. The number of carbonyl (C=O) groups is 1. The molecule has 0 heterocycles. The minimum atomic E-state index is -4.73. The Balaban J connectivity index is 2.23. The molecule has 0 aliphatic rings. The number of nitrogens with one attached hydrogen (secondary N) is 2. The number of hydrogen-bond acceptors (Lipinski definition) is 6. The van der Waals surface area contributed by atoms with Crippen LogP contribution in [0.1, 0.15) is 12.5 Å². The maximum Gasteiger partial charge on any atom is 0.416 e. The molecule has 0 fully saturated rings. The van der Waals surface area contributed by atoms with Gasteiger partial charge in [0.1, 0.15) is 23.2 Å². The van der Waals surface area contributed by atoms with Gasteiger partial charge in [-0.05, 0) is 31.2 Å². The van der Waals surface area contributed by atoms with Crippen molar-refractivity contribution in [2.24, 2.45) is 0 Å². The number of ether oxygens (including phenoxy) is 2. The van der Waals surface area contributed by atoms with Crippen LogP contribution in [-0.4, -0.2) is 31.1 Å². The number of nitrogens with zero attached hydrogens (tertiary/aromatic N) is 1. The van der Waals surface area contributed by atoms with Gasteiger partial charge in [0.2, 0.25) is 5.91 Å². The first kappa shape index (κ1) is 21.8. The molecular weight excluding hydrogens is 395 g/mol. The Hall–Kier alpha value is -3.50. The van der Waals surface area contributed by atoms with Gasteiger partial charge in [-0.25, -0.2) is 0 Å². The number of benzene rings is 2. The average molecular weight is 413 g/mol. The van der Waals surface area contributed by atoms with Crippen LogP contribution in [0.3, 0.4) is 0 Å². The zero-order valence-electron chi connectivity index (χ0n) is 15.7. The number of hydrogen-bond donors (Lipinski definition) is 2. The van der Waals surface area contributed by atoms with Crippen LogP contribution < -0.4 is 20.1 Å². The van der Waals surface area contributed by atoms with Crippen LogP contribution in [0.5, 0.6) is 11.5 Å². The van der Waals surface area contributed by atoms with Gasteiger partial charge < -0.3 is 20.1 Å². The molecule has 156 valence electrons. The van der Waals surface area contributed by atoms with Crippen LogP contribution in [0, 0.1) is 10.1 Å². The van der Waals surface area contributed by atoms with Crippen LogP contribution in [0.4, 0.5) is 30.2 Å². The summed E-state index contributed by atoms with van der Waals surface area (Å²) in [6.45, 7) is 1.41. The first-order valence-corrected chi connectivity index (χ1v) is 8.22. The molecule has 0 aliphatic carbocycles. The van der Waals surface area contributed by atoms with E-state index in [4.69, 9.17) is 9.47 Å². The molecule has 2 aromatic rings. The highest BCUT2D eigenvalue weighted by Gasteiger charge is 2.33. The van der Waals surface area contributed by atoms with E-state index in [0.29, 0.717) is 29.3 Å². The van der Waals surface area contributed by atoms with Gasteiger partial charge in [-0.3, -0.25) is 14.9 Å².